The fourth-order valence-corrected chi connectivity index (χ4v) is 5.05. The Morgan fingerprint density at radius 1 is 1.11 bits per heavy atom. The number of carbonyl (C=O) groups excluding carboxylic acids is 1. The number of likely N-dealkylation sites (tertiary alicyclic amines) is 1. The van der Waals surface area contributed by atoms with Crippen molar-refractivity contribution in [1.82, 2.24) is 9.80 Å². The van der Waals surface area contributed by atoms with Gasteiger partial charge in [0, 0.05) is 75.2 Å². The first-order chi connectivity index (χ1) is 17.5. The van der Waals surface area contributed by atoms with E-state index in [4.69, 9.17) is 0 Å². The Bertz CT molecular complexity index is 1120. The van der Waals surface area contributed by atoms with E-state index < -0.39 is 22.4 Å². The van der Waals surface area contributed by atoms with Crippen molar-refractivity contribution < 1.29 is 22.9 Å². The summed E-state index contributed by atoms with van der Waals surface area (Å²) in [7, 11) is 0. The van der Waals surface area contributed by atoms with Crippen LogP contribution in [0.2, 0.25) is 0 Å². The third-order valence-electron chi connectivity index (χ3n) is 7.09. The molecule has 0 saturated carbocycles. The van der Waals surface area contributed by atoms with Gasteiger partial charge in [-0.1, -0.05) is 24.6 Å². The van der Waals surface area contributed by atoms with E-state index in [1.807, 2.05) is 6.92 Å². The second-order valence-corrected chi connectivity index (χ2v) is 9.93. The van der Waals surface area contributed by atoms with Crippen LogP contribution in [-0.2, 0) is 11.0 Å². The lowest BCUT2D eigenvalue weighted by molar-refractivity contribution is -0.388. The summed E-state index contributed by atoms with van der Waals surface area (Å²) in [5.41, 5.74) is 0.323. The zero-order valence-electron chi connectivity index (χ0n) is 21.0. The maximum atomic E-state index is 13.3. The van der Waals surface area contributed by atoms with Gasteiger partial charge in [0.2, 0.25) is 5.91 Å². The number of nitro groups is 1. The topological polar surface area (TPSA) is 82.0 Å². The van der Waals surface area contributed by atoms with Crippen LogP contribution >= 0.6 is 0 Å². The maximum Gasteiger partial charge on any atom is 0.423 e. The number of aryl methyl sites for hydroxylation is 1. The smallest absolute Gasteiger partial charge is 0.380 e. The minimum atomic E-state index is -4.83. The molecule has 2 saturated heterocycles. The van der Waals surface area contributed by atoms with Crippen molar-refractivity contribution >= 4 is 23.0 Å². The lowest BCUT2D eigenvalue weighted by Gasteiger charge is -2.37. The van der Waals surface area contributed by atoms with Gasteiger partial charge in [-0.15, -0.1) is 0 Å². The Balaban J connectivity index is 1.27. The van der Waals surface area contributed by atoms with E-state index >= 15 is 0 Å². The average molecular weight is 520 g/mol. The summed E-state index contributed by atoms with van der Waals surface area (Å²) in [6.45, 7) is 9.08. The fourth-order valence-electron chi connectivity index (χ4n) is 5.05. The molecule has 1 unspecified atom stereocenters. The van der Waals surface area contributed by atoms with Crippen molar-refractivity contribution in [3.63, 3.8) is 0 Å². The Morgan fingerprint density at radius 2 is 1.78 bits per heavy atom. The molecular weight excluding hydrogens is 487 g/mol. The van der Waals surface area contributed by atoms with Crippen molar-refractivity contribution in [2.45, 2.75) is 32.5 Å². The molecule has 0 spiro atoms. The van der Waals surface area contributed by atoms with Crippen LogP contribution in [0.4, 0.5) is 30.2 Å². The van der Waals surface area contributed by atoms with E-state index in [2.05, 4.69) is 46.3 Å². The average Bonchev–Trinajstić information content (AvgIpc) is 3.32. The molecule has 2 aliphatic heterocycles. The van der Waals surface area contributed by atoms with Crippen molar-refractivity contribution in [2.75, 3.05) is 56.0 Å². The molecule has 4 rings (SSSR count). The number of nitro benzene ring substituents is 1. The van der Waals surface area contributed by atoms with Gasteiger partial charge in [-0.3, -0.25) is 19.8 Å². The first kappa shape index (κ1) is 26.7. The van der Waals surface area contributed by atoms with Crippen LogP contribution in [0.3, 0.4) is 0 Å². The van der Waals surface area contributed by atoms with E-state index in [1.54, 1.807) is 4.90 Å². The van der Waals surface area contributed by atoms with Gasteiger partial charge in [-0.2, -0.15) is 13.2 Å². The van der Waals surface area contributed by atoms with Crippen molar-refractivity contribution in [1.29, 1.82) is 0 Å². The minimum absolute atomic E-state index is 0.0324. The summed E-state index contributed by atoms with van der Waals surface area (Å²) in [5.74, 6) is -0.161. The molecule has 2 aliphatic rings. The first-order valence-electron chi connectivity index (χ1n) is 12.5. The number of carbonyl (C=O) groups is 1. The number of anilines is 2. The number of halogens is 3. The molecule has 200 valence electrons. The van der Waals surface area contributed by atoms with E-state index in [-0.39, 0.29) is 23.6 Å². The number of alkyl halides is 3. The van der Waals surface area contributed by atoms with E-state index in [0.717, 1.165) is 38.3 Å². The normalized spacial score (nSPS) is 19.6. The van der Waals surface area contributed by atoms with Gasteiger partial charge >= 0.3 is 6.18 Å². The quantitative estimate of drug-likeness (QED) is 0.432. The number of nitrogens with one attached hydrogen (secondary N) is 1. The summed E-state index contributed by atoms with van der Waals surface area (Å²) in [6, 6.07) is 11.2. The molecule has 2 atom stereocenters. The molecule has 11 heteroatoms. The molecule has 0 aromatic heterocycles. The first-order valence-corrected chi connectivity index (χ1v) is 12.5. The molecule has 1 amide bonds. The fraction of sp³-hybridized carbons (Fsp3) is 0.500. The summed E-state index contributed by atoms with van der Waals surface area (Å²) in [5, 5.41) is 14.0. The number of benzene rings is 2. The SMILES string of the molecule is Cc1ccc(N2CCN(CC(C)C(=O)N3CC[C@@H](Nc4ccc([N+](=O)[O-])c(C(F)(F)F)c4)C3)CC2)cc1. The van der Waals surface area contributed by atoms with Crippen LogP contribution < -0.4 is 10.2 Å². The maximum absolute atomic E-state index is 13.3. The van der Waals surface area contributed by atoms with Gasteiger partial charge in [-0.05, 0) is 37.6 Å². The second kappa shape index (κ2) is 11.0. The molecule has 0 radical (unpaired) electrons. The van der Waals surface area contributed by atoms with Gasteiger partial charge < -0.3 is 15.1 Å². The lowest BCUT2D eigenvalue weighted by atomic mass is 10.1. The van der Waals surface area contributed by atoms with Crippen molar-refractivity contribution in [3.05, 3.63) is 63.7 Å². The minimum Gasteiger partial charge on any atom is -0.380 e. The molecule has 8 nitrogen and oxygen atoms in total. The Kier molecular flexibility index (Phi) is 7.91. The monoisotopic (exact) mass is 519 g/mol. The largest absolute Gasteiger partial charge is 0.423 e. The standard InChI is InChI=1S/C26H32F3N5O3/c1-18-3-6-22(7-4-18)32-13-11-31(12-14-32)16-19(2)25(35)33-10-9-21(17-33)30-20-5-8-24(34(36)37)23(15-20)26(27,28)29/h3-8,15,19,21,30H,9-14,16-17H2,1-2H3/t19?,21-/m1/s1. The highest BCUT2D eigenvalue weighted by Gasteiger charge is 2.39. The van der Waals surface area contributed by atoms with Gasteiger partial charge in [0.15, 0.2) is 0 Å². The number of hydrogen-bond donors (Lipinski definition) is 1. The van der Waals surface area contributed by atoms with Crippen LogP contribution in [0, 0.1) is 23.0 Å². The summed E-state index contributed by atoms with van der Waals surface area (Å²) in [4.78, 5) is 29.4. The highest BCUT2D eigenvalue weighted by Crippen LogP contribution is 2.38. The van der Waals surface area contributed by atoms with Gasteiger partial charge in [-0.25, -0.2) is 0 Å². The van der Waals surface area contributed by atoms with E-state index in [0.29, 0.717) is 26.1 Å². The van der Waals surface area contributed by atoms with Gasteiger partial charge in [0.25, 0.3) is 5.69 Å². The molecule has 2 heterocycles. The summed E-state index contributed by atoms with van der Waals surface area (Å²) >= 11 is 0. The van der Waals surface area contributed by atoms with Gasteiger partial charge in [0.1, 0.15) is 5.56 Å². The predicted molar refractivity (Wildman–Crippen MR) is 136 cm³/mol. The summed E-state index contributed by atoms with van der Waals surface area (Å²) < 4.78 is 39.8. The molecule has 0 bridgehead atoms. The van der Waals surface area contributed by atoms with Gasteiger partial charge in [0.05, 0.1) is 4.92 Å². The lowest BCUT2D eigenvalue weighted by Crippen LogP contribution is -2.49. The number of nitrogens with zero attached hydrogens (tertiary/aromatic N) is 4. The van der Waals surface area contributed by atoms with Crippen LogP contribution in [0.5, 0.6) is 0 Å². The van der Waals surface area contributed by atoms with Crippen molar-refractivity contribution in [2.24, 2.45) is 5.92 Å². The second-order valence-electron chi connectivity index (χ2n) is 9.93. The molecule has 2 aromatic carbocycles. The van der Waals surface area contributed by atoms with E-state index in [9.17, 15) is 28.1 Å². The van der Waals surface area contributed by atoms with E-state index in [1.165, 1.54) is 17.3 Å². The number of amides is 1. The van der Waals surface area contributed by atoms with Crippen LogP contribution in [0.1, 0.15) is 24.5 Å². The summed E-state index contributed by atoms with van der Waals surface area (Å²) in [6.07, 6.45) is -4.25. The number of hydrogen-bond acceptors (Lipinski definition) is 6. The Morgan fingerprint density at radius 3 is 2.41 bits per heavy atom. The zero-order chi connectivity index (χ0) is 26.7. The number of piperazine rings is 1. The molecule has 0 aliphatic carbocycles. The Hall–Kier alpha value is -3.34. The third-order valence-corrected chi connectivity index (χ3v) is 7.09. The van der Waals surface area contributed by atoms with Crippen LogP contribution in [-0.4, -0.2) is 72.5 Å². The highest BCUT2D eigenvalue weighted by atomic mass is 19.4. The molecule has 2 fully saturated rings. The highest BCUT2D eigenvalue weighted by molar-refractivity contribution is 5.79. The Labute approximate surface area is 214 Å². The number of rotatable bonds is 7. The molecular formula is C26H32F3N5O3. The predicted octanol–water partition coefficient (Wildman–Crippen LogP) is 4.39. The molecule has 2 aromatic rings. The van der Waals surface area contributed by atoms with Crippen LogP contribution in [0.25, 0.3) is 0 Å². The van der Waals surface area contributed by atoms with Crippen molar-refractivity contribution in [3.8, 4) is 0 Å². The van der Waals surface area contributed by atoms with Crippen LogP contribution in [0.15, 0.2) is 42.5 Å². The zero-order valence-corrected chi connectivity index (χ0v) is 21.0. The molecule has 37 heavy (non-hydrogen) atoms. The molecule has 1 N–H and O–H groups in total. The third kappa shape index (κ3) is 6.51.